The number of nitrogens with two attached hydrogens (primary N) is 1. The smallest absolute Gasteiger partial charge is 0.274 e. The Morgan fingerprint density at radius 2 is 1.92 bits per heavy atom. The van der Waals surface area contributed by atoms with Gasteiger partial charge in [-0.2, -0.15) is 5.10 Å². The fourth-order valence-corrected chi connectivity index (χ4v) is 2.42. The Labute approximate surface area is 143 Å². The van der Waals surface area contributed by atoms with Crippen molar-refractivity contribution in [3.63, 3.8) is 0 Å². The van der Waals surface area contributed by atoms with Gasteiger partial charge >= 0.3 is 0 Å². The number of nitrogen functional groups attached to an aromatic ring is 1. The van der Waals surface area contributed by atoms with Gasteiger partial charge < -0.3 is 11.1 Å². The highest BCUT2D eigenvalue weighted by atomic mass is 35.5. The van der Waals surface area contributed by atoms with Crippen LogP contribution in [-0.4, -0.2) is 25.7 Å². The Balaban J connectivity index is 1.95. The topological polar surface area (TPSA) is 98.7 Å². The third-order valence-electron chi connectivity index (χ3n) is 3.45. The molecule has 1 amide bonds. The molecule has 7 nitrogen and oxygen atoms in total. The molecule has 0 bridgehead atoms. The second-order valence-corrected chi connectivity index (χ2v) is 5.60. The van der Waals surface area contributed by atoms with Gasteiger partial charge in [-0.15, -0.1) is 0 Å². The molecule has 24 heavy (non-hydrogen) atoms. The van der Waals surface area contributed by atoms with E-state index in [4.69, 9.17) is 17.3 Å². The number of aromatic nitrogens is 4. The lowest BCUT2D eigenvalue weighted by Crippen LogP contribution is -2.31. The molecule has 3 N–H and O–H groups in total. The first kappa shape index (κ1) is 15.9. The van der Waals surface area contributed by atoms with E-state index in [2.05, 4.69) is 20.4 Å². The predicted octanol–water partition coefficient (Wildman–Crippen LogP) is 1.97. The molecule has 2 aromatic heterocycles. The van der Waals surface area contributed by atoms with Crippen LogP contribution in [0.2, 0.25) is 5.02 Å². The Kier molecular flexibility index (Phi) is 4.43. The van der Waals surface area contributed by atoms with E-state index < -0.39 is 11.9 Å². The molecule has 0 aliphatic carbocycles. The van der Waals surface area contributed by atoms with Gasteiger partial charge in [-0.25, -0.2) is 9.97 Å². The lowest BCUT2D eigenvalue weighted by molar-refractivity contribution is 0.0938. The SMILES string of the molecule is Cn1ccc([C@@H](NC(=O)c2nccnc2N)c2ccc(Cl)cc2)n1. The van der Waals surface area contributed by atoms with E-state index in [1.165, 1.54) is 12.4 Å². The van der Waals surface area contributed by atoms with E-state index in [1.54, 1.807) is 23.0 Å². The van der Waals surface area contributed by atoms with Gasteiger partial charge in [0.2, 0.25) is 0 Å². The molecule has 0 spiro atoms. The standard InChI is InChI=1S/C16H15ClN6O/c1-23-9-6-12(22-23)13(10-2-4-11(17)5-3-10)21-16(24)14-15(18)20-8-7-19-14/h2-9,13H,1H3,(H2,18,20)(H,21,24)/t13-/m0/s1. The van der Waals surface area contributed by atoms with E-state index >= 15 is 0 Å². The first-order valence-electron chi connectivity index (χ1n) is 7.17. The molecule has 0 saturated carbocycles. The van der Waals surface area contributed by atoms with Crippen molar-refractivity contribution in [1.29, 1.82) is 0 Å². The molecule has 3 rings (SSSR count). The van der Waals surface area contributed by atoms with E-state index in [1.807, 2.05) is 25.2 Å². The molecule has 0 aliphatic heterocycles. The van der Waals surface area contributed by atoms with Crippen molar-refractivity contribution < 1.29 is 4.79 Å². The van der Waals surface area contributed by atoms with Crippen molar-refractivity contribution in [3.8, 4) is 0 Å². The fraction of sp³-hybridized carbons (Fsp3) is 0.125. The maximum Gasteiger partial charge on any atom is 0.274 e. The first-order chi connectivity index (χ1) is 11.5. The minimum absolute atomic E-state index is 0.0749. The summed E-state index contributed by atoms with van der Waals surface area (Å²) in [4.78, 5) is 20.4. The Morgan fingerprint density at radius 1 is 1.21 bits per heavy atom. The Morgan fingerprint density at radius 3 is 2.54 bits per heavy atom. The summed E-state index contributed by atoms with van der Waals surface area (Å²) in [7, 11) is 1.81. The number of carbonyl (C=O) groups is 1. The zero-order chi connectivity index (χ0) is 17.1. The zero-order valence-corrected chi connectivity index (χ0v) is 13.6. The van der Waals surface area contributed by atoms with Crippen molar-refractivity contribution in [2.75, 3.05) is 5.73 Å². The molecule has 0 saturated heterocycles. The van der Waals surface area contributed by atoms with Crippen LogP contribution in [-0.2, 0) is 7.05 Å². The number of hydrogen-bond acceptors (Lipinski definition) is 5. The number of hydrogen-bond donors (Lipinski definition) is 2. The van der Waals surface area contributed by atoms with Crippen LogP contribution in [0.1, 0.15) is 27.8 Å². The van der Waals surface area contributed by atoms with Crippen molar-refractivity contribution in [2.45, 2.75) is 6.04 Å². The molecule has 3 aromatic rings. The summed E-state index contributed by atoms with van der Waals surface area (Å²) >= 11 is 5.95. The third kappa shape index (κ3) is 3.36. The van der Waals surface area contributed by atoms with Gasteiger partial charge in [0, 0.05) is 30.7 Å². The number of anilines is 1. The van der Waals surface area contributed by atoms with E-state index in [0.29, 0.717) is 10.7 Å². The number of halogens is 1. The average Bonchev–Trinajstić information content (AvgIpc) is 3.00. The van der Waals surface area contributed by atoms with Gasteiger partial charge in [-0.3, -0.25) is 9.48 Å². The van der Waals surface area contributed by atoms with E-state index in [9.17, 15) is 4.79 Å². The summed E-state index contributed by atoms with van der Waals surface area (Å²) < 4.78 is 1.67. The van der Waals surface area contributed by atoms with Crippen LogP contribution >= 0.6 is 11.6 Å². The minimum Gasteiger partial charge on any atom is -0.382 e. The van der Waals surface area contributed by atoms with Crippen molar-refractivity contribution in [3.05, 3.63) is 70.9 Å². The van der Waals surface area contributed by atoms with E-state index in [-0.39, 0.29) is 11.5 Å². The molecule has 1 aromatic carbocycles. The molecular weight excluding hydrogens is 328 g/mol. The van der Waals surface area contributed by atoms with Crippen LogP contribution in [0.25, 0.3) is 0 Å². The number of nitrogens with one attached hydrogen (secondary N) is 1. The quantitative estimate of drug-likeness (QED) is 0.755. The molecular formula is C16H15ClN6O. The second-order valence-electron chi connectivity index (χ2n) is 5.16. The largest absolute Gasteiger partial charge is 0.382 e. The molecule has 8 heteroatoms. The summed E-state index contributed by atoms with van der Waals surface area (Å²) in [5.74, 6) is -0.350. The molecule has 122 valence electrons. The molecule has 0 fully saturated rings. The summed E-state index contributed by atoms with van der Waals surface area (Å²) in [6.45, 7) is 0. The summed E-state index contributed by atoms with van der Waals surface area (Å²) in [5.41, 5.74) is 7.34. The van der Waals surface area contributed by atoms with Gasteiger partial charge in [-0.05, 0) is 23.8 Å². The van der Waals surface area contributed by atoms with Crippen molar-refractivity contribution in [1.82, 2.24) is 25.1 Å². The summed E-state index contributed by atoms with van der Waals surface area (Å²) in [6.07, 6.45) is 4.66. The second kappa shape index (κ2) is 6.67. The first-order valence-corrected chi connectivity index (χ1v) is 7.55. The number of benzene rings is 1. The average molecular weight is 343 g/mol. The lowest BCUT2D eigenvalue weighted by atomic mass is 10.0. The lowest BCUT2D eigenvalue weighted by Gasteiger charge is -2.17. The Hall–Kier alpha value is -2.93. The van der Waals surface area contributed by atoms with Crippen LogP contribution < -0.4 is 11.1 Å². The monoisotopic (exact) mass is 342 g/mol. The van der Waals surface area contributed by atoms with E-state index in [0.717, 1.165) is 5.56 Å². The fourth-order valence-electron chi connectivity index (χ4n) is 2.29. The van der Waals surface area contributed by atoms with Crippen molar-refractivity contribution >= 4 is 23.3 Å². The number of aryl methyl sites for hydroxylation is 1. The van der Waals surface area contributed by atoms with Gasteiger partial charge in [0.15, 0.2) is 11.5 Å². The molecule has 0 unspecified atom stereocenters. The number of rotatable bonds is 4. The maximum absolute atomic E-state index is 12.5. The van der Waals surface area contributed by atoms with Crippen LogP contribution in [0.3, 0.4) is 0 Å². The Bertz CT molecular complexity index is 861. The number of nitrogens with zero attached hydrogens (tertiary/aromatic N) is 4. The van der Waals surface area contributed by atoms with Crippen LogP contribution in [0.4, 0.5) is 5.82 Å². The van der Waals surface area contributed by atoms with Crippen LogP contribution in [0, 0.1) is 0 Å². The van der Waals surface area contributed by atoms with Gasteiger partial charge in [0.05, 0.1) is 11.7 Å². The van der Waals surface area contributed by atoms with Crippen LogP contribution in [0.5, 0.6) is 0 Å². The molecule has 1 atom stereocenters. The predicted molar refractivity (Wildman–Crippen MR) is 90.4 cm³/mol. The third-order valence-corrected chi connectivity index (χ3v) is 3.70. The highest BCUT2D eigenvalue weighted by molar-refractivity contribution is 6.30. The van der Waals surface area contributed by atoms with Crippen LogP contribution in [0.15, 0.2) is 48.9 Å². The summed E-state index contributed by atoms with van der Waals surface area (Å²) in [5, 5.41) is 7.89. The zero-order valence-electron chi connectivity index (χ0n) is 12.8. The van der Waals surface area contributed by atoms with Crippen molar-refractivity contribution in [2.24, 2.45) is 7.05 Å². The minimum atomic E-state index is -0.461. The highest BCUT2D eigenvalue weighted by Gasteiger charge is 2.22. The van der Waals surface area contributed by atoms with Gasteiger partial charge in [0.25, 0.3) is 5.91 Å². The molecule has 2 heterocycles. The normalized spacial score (nSPS) is 11.9. The highest BCUT2D eigenvalue weighted by Crippen LogP contribution is 2.23. The molecule has 0 aliphatic rings. The number of carbonyl (C=O) groups excluding carboxylic acids is 1. The maximum atomic E-state index is 12.5. The van der Waals surface area contributed by atoms with Gasteiger partial charge in [-0.1, -0.05) is 23.7 Å². The van der Waals surface area contributed by atoms with Gasteiger partial charge in [0.1, 0.15) is 0 Å². The summed E-state index contributed by atoms with van der Waals surface area (Å²) in [6, 6.07) is 8.56. The molecule has 0 radical (unpaired) electrons. The number of amides is 1.